The van der Waals surface area contributed by atoms with Crippen molar-refractivity contribution in [2.75, 3.05) is 0 Å². The minimum Gasteiger partial charge on any atom is -0.507 e. The second-order valence-electron chi connectivity index (χ2n) is 3.77. The van der Waals surface area contributed by atoms with Crippen molar-refractivity contribution in [3.63, 3.8) is 0 Å². The molecule has 3 heteroatoms. The van der Waals surface area contributed by atoms with Crippen LogP contribution in [0.15, 0.2) is 54.6 Å². The fourth-order valence-electron chi connectivity index (χ4n) is 1.54. The summed E-state index contributed by atoms with van der Waals surface area (Å²) in [6.07, 6.45) is 3.21. The first kappa shape index (κ1) is 12.8. The molecule has 2 aromatic carbocycles. The van der Waals surface area contributed by atoms with E-state index in [9.17, 15) is 9.90 Å². The quantitative estimate of drug-likeness (QED) is 0.518. The van der Waals surface area contributed by atoms with Crippen LogP contribution in [0.1, 0.15) is 15.9 Å². The average Bonchev–Trinajstić information content (AvgIpc) is 2.37. The van der Waals surface area contributed by atoms with Gasteiger partial charge in [-0.15, -0.1) is 0 Å². The number of halogens is 1. The Morgan fingerprint density at radius 3 is 2.50 bits per heavy atom. The van der Waals surface area contributed by atoms with Gasteiger partial charge in [-0.05, 0) is 52.4 Å². The van der Waals surface area contributed by atoms with Gasteiger partial charge in [0.25, 0.3) is 0 Å². The second kappa shape index (κ2) is 5.82. The summed E-state index contributed by atoms with van der Waals surface area (Å²) in [5.74, 6) is -0.183. The number of aromatic hydroxyl groups is 1. The van der Waals surface area contributed by atoms with Crippen molar-refractivity contribution < 1.29 is 9.90 Å². The van der Waals surface area contributed by atoms with Gasteiger partial charge in [0.1, 0.15) is 5.75 Å². The molecule has 90 valence electrons. The third-order valence-electron chi connectivity index (χ3n) is 2.45. The number of phenols is 1. The van der Waals surface area contributed by atoms with Crippen LogP contribution in [0.3, 0.4) is 0 Å². The van der Waals surface area contributed by atoms with Crippen LogP contribution in [-0.2, 0) is 0 Å². The van der Waals surface area contributed by atoms with Crippen LogP contribution in [0.5, 0.6) is 5.75 Å². The van der Waals surface area contributed by atoms with E-state index in [1.54, 1.807) is 24.3 Å². The molecule has 2 aromatic rings. The maximum absolute atomic E-state index is 11.9. The predicted molar refractivity (Wildman–Crippen MR) is 80.6 cm³/mol. The molecule has 2 nitrogen and oxygen atoms in total. The summed E-state index contributed by atoms with van der Waals surface area (Å²) in [4.78, 5) is 11.9. The molecular formula is C15H11IO2. The number of benzene rings is 2. The van der Waals surface area contributed by atoms with E-state index < -0.39 is 0 Å². The second-order valence-corrected chi connectivity index (χ2v) is 5.02. The normalized spacial score (nSPS) is 10.7. The third-order valence-corrected chi connectivity index (χ3v) is 3.12. The first-order valence-corrected chi connectivity index (χ1v) is 6.50. The molecule has 0 saturated heterocycles. The van der Waals surface area contributed by atoms with Crippen molar-refractivity contribution in [3.8, 4) is 5.75 Å². The van der Waals surface area contributed by atoms with Crippen LogP contribution in [0, 0.1) is 3.57 Å². The number of phenolic OH excluding ortho intramolecular Hbond substituents is 1. The summed E-state index contributed by atoms with van der Waals surface area (Å²) in [5.41, 5.74) is 1.28. The topological polar surface area (TPSA) is 37.3 Å². The van der Waals surface area contributed by atoms with Gasteiger partial charge in [-0.3, -0.25) is 4.79 Å². The van der Waals surface area contributed by atoms with Crippen molar-refractivity contribution in [2.45, 2.75) is 0 Å². The molecule has 0 atom stereocenters. The number of rotatable bonds is 3. The zero-order valence-electron chi connectivity index (χ0n) is 9.51. The summed E-state index contributed by atoms with van der Waals surface area (Å²) >= 11 is 2.09. The molecule has 2 rings (SSSR count). The van der Waals surface area contributed by atoms with E-state index in [1.807, 2.05) is 30.3 Å². The number of ketones is 1. The highest BCUT2D eigenvalue weighted by atomic mass is 127. The van der Waals surface area contributed by atoms with Crippen molar-refractivity contribution in [3.05, 3.63) is 69.3 Å². The highest BCUT2D eigenvalue weighted by Crippen LogP contribution is 2.21. The average molecular weight is 350 g/mol. The highest BCUT2D eigenvalue weighted by molar-refractivity contribution is 14.1. The maximum atomic E-state index is 11.9. The molecule has 0 fully saturated rings. The third kappa shape index (κ3) is 3.20. The minimum absolute atomic E-state index is 0.0182. The standard InChI is InChI=1S/C15H11IO2/c16-12-7-8-13(15(18)10-12)14(17)9-6-11-4-2-1-3-5-11/h1-10,18H/b9-6+. The molecule has 0 unspecified atom stereocenters. The number of hydrogen-bond acceptors (Lipinski definition) is 2. The summed E-state index contributed by atoms with van der Waals surface area (Å²) < 4.78 is 0.897. The summed E-state index contributed by atoms with van der Waals surface area (Å²) in [7, 11) is 0. The molecule has 0 aromatic heterocycles. The Kier molecular flexibility index (Phi) is 4.15. The SMILES string of the molecule is O=C(/C=C/c1ccccc1)c1ccc(I)cc1O. The fraction of sp³-hybridized carbons (Fsp3) is 0. The molecule has 0 aliphatic heterocycles. The van der Waals surface area contributed by atoms with Gasteiger partial charge >= 0.3 is 0 Å². The van der Waals surface area contributed by atoms with E-state index in [0.29, 0.717) is 5.56 Å². The molecule has 0 amide bonds. The minimum atomic E-state index is -0.201. The molecule has 0 aliphatic carbocycles. The lowest BCUT2D eigenvalue weighted by molar-refractivity contribution is 0.104. The van der Waals surface area contributed by atoms with Crippen LogP contribution in [0.25, 0.3) is 6.08 Å². The van der Waals surface area contributed by atoms with Gasteiger partial charge in [-0.2, -0.15) is 0 Å². The van der Waals surface area contributed by atoms with Crippen LogP contribution in [0.2, 0.25) is 0 Å². The van der Waals surface area contributed by atoms with Crippen molar-refractivity contribution in [1.82, 2.24) is 0 Å². The number of allylic oxidation sites excluding steroid dienone is 1. The molecule has 0 aliphatic rings. The predicted octanol–water partition coefficient (Wildman–Crippen LogP) is 3.89. The van der Waals surface area contributed by atoms with Gasteiger partial charge in [0, 0.05) is 3.57 Å². The van der Waals surface area contributed by atoms with Crippen molar-refractivity contribution in [1.29, 1.82) is 0 Å². The molecule has 1 N–H and O–H groups in total. The molecule has 0 heterocycles. The van der Waals surface area contributed by atoms with E-state index in [2.05, 4.69) is 22.6 Å². The van der Waals surface area contributed by atoms with Crippen LogP contribution >= 0.6 is 22.6 Å². The summed E-state index contributed by atoms with van der Waals surface area (Å²) in [6.45, 7) is 0. The van der Waals surface area contributed by atoms with Gasteiger partial charge in [0.2, 0.25) is 0 Å². The highest BCUT2D eigenvalue weighted by Gasteiger charge is 2.07. The Morgan fingerprint density at radius 1 is 1.11 bits per heavy atom. The van der Waals surface area contributed by atoms with Gasteiger partial charge in [-0.25, -0.2) is 0 Å². The number of carbonyl (C=O) groups is 1. The smallest absolute Gasteiger partial charge is 0.189 e. The van der Waals surface area contributed by atoms with Crippen LogP contribution in [-0.4, -0.2) is 10.9 Å². The lowest BCUT2D eigenvalue weighted by Crippen LogP contribution is -1.95. The fourth-order valence-corrected chi connectivity index (χ4v) is 2.01. The first-order valence-electron chi connectivity index (χ1n) is 5.43. The summed E-state index contributed by atoms with van der Waals surface area (Å²) in [5, 5.41) is 9.70. The van der Waals surface area contributed by atoms with Gasteiger partial charge in [-0.1, -0.05) is 36.4 Å². The Labute approximate surface area is 119 Å². The van der Waals surface area contributed by atoms with Crippen molar-refractivity contribution >= 4 is 34.5 Å². The Hall–Kier alpha value is -1.62. The van der Waals surface area contributed by atoms with E-state index in [4.69, 9.17) is 0 Å². The lowest BCUT2D eigenvalue weighted by Gasteiger charge is -2.00. The number of hydrogen-bond donors (Lipinski definition) is 1. The Morgan fingerprint density at radius 2 is 1.83 bits per heavy atom. The van der Waals surface area contributed by atoms with Crippen molar-refractivity contribution in [2.24, 2.45) is 0 Å². The van der Waals surface area contributed by atoms with Gasteiger partial charge < -0.3 is 5.11 Å². The van der Waals surface area contributed by atoms with Crippen LogP contribution < -0.4 is 0 Å². The zero-order chi connectivity index (χ0) is 13.0. The van der Waals surface area contributed by atoms with Gasteiger partial charge in [0.05, 0.1) is 5.56 Å². The van der Waals surface area contributed by atoms with E-state index >= 15 is 0 Å². The molecular weight excluding hydrogens is 339 g/mol. The first-order chi connectivity index (χ1) is 8.66. The van der Waals surface area contributed by atoms with Crippen LogP contribution in [0.4, 0.5) is 0 Å². The molecule has 0 radical (unpaired) electrons. The largest absolute Gasteiger partial charge is 0.507 e. The molecule has 0 saturated carbocycles. The lowest BCUT2D eigenvalue weighted by atomic mass is 10.1. The summed E-state index contributed by atoms with van der Waals surface area (Å²) in [6, 6.07) is 14.6. The molecule has 0 spiro atoms. The van der Waals surface area contributed by atoms with E-state index in [0.717, 1.165) is 9.13 Å². The van der Waals surface area contributed by atoms with Gasteiger partial charge in [0.15, 0.2) is 5.78 Å². The molecule has 18 heavy (non-hydrogen) atoms. The Balaban J connectivity index is 2.20. The number of carbonyl (C=O) groups excluding carboxylic acids is 1. The Bertz CT molecular complexity index is 589. The van der Waals surface area contributed by atoms with E-state index in [-0.39, 0.29) is 11.5 Å². The maximum Gasteiger partial charge on any atom is 0.189 e. The molecule has 0 bridgehead atoms. The zero-order valence-corrected chi connectivity index (χ0v) is 11.7. The monoisotopic (exact) mass is 350 g/mol. The van der Waals surface area contributed by atoms with E-state index in [1.165, 1.54) is 6.08 Å².